The number of aliphatic carboxylic acids is 1. The minimum Gasteiger partial charge on any atom is -0.480 e. The summed E-state index contributed by atoms with van der Waals surface area (Å²) in [6.45, 7) is 1.36. The van der Waals surface area contributed by atoms with E-state index in [0.29, 0.717) is 5.56 Å². The third-order valence-corrected chi connectivity index (χ3v) is 3.29. The van der Waals surface area contributed by atoms with Gasteiger partial charge < -0.3 is 10.8 Å². The highest BCUT2D eigenvalue weighted by atomic mass is 35.5. The Morgan fingerprint density at radius 1 is 1.33 bits per heavy atom. The van der Waals surface area contributed by atoms with Gasteiger partial charge in [0.15, 0.2) is 4.87 Å². The molecular weight excluding hydrogens is 237 g/mol. The number of carbonyl (C=O) groups is 1. The van der Waals surface area contributed by atoms with E-state index >= 15 is 0 Å². The number of hydrogen-bond acceptors (Lipinski definition) is 2. The second-order valence-corrected chi connectivity index (χ2v) is 4.76. The maximum absolute atomic E-state index is 11.2. The summed E-state index contributed by atoms with van der Waals surface area (Å²) in [6, 6.07) is 8.27. The molecule has 1 aromatic rings. The number of carboxylic acid groups (broad SMARTS) is 1. The van der Waals surface area contributed by atoms with Gasteiger partial charge >= 0.3 is 5.97 Å². The molecule has 0 saturated carbocycles. The molecule has 3 N–H and O–H groups in total. The van der Waals surface area contributed by atoms with Crippen molar-refractivity contribution in [3.63, 3.8) is 0 Å². The molecule has 0 aliphatic rings. The van der Waals surface area contributed by atoms with Crippen molar-refractivity contribution in [3.8, 4) is 0 Å². The molecule has 0 aromatic heterocycles. The molecule has 15 heavy (non-hydrogen) atoms. The van der Waals surface area contributed by atoms with Gasteiger partial charge in [-0.3, -0.25) is 0 Å². The molecule has 0 bridgehead atoms. The summed E-state index contributed by atoms with van der Waals surface area (Å²) in [5.74, 6) is -1.27. The lowest BCUT2D eigenvalue weighted by Gasteiger charge is -2.33. The Kier molecular flexibility index (Phi) is 3.28. The van der Waals surface area contributed by atoms with Crippen LogP contribution in [0.4, 0.5) is 0 Å². The Morgan fingerprint density at radius 3 is 2.13 bits per heavy atom. The van der Waals surface area contributed by atoms with Gasteiger partial charge in [-0.15, -0.1) is 0 Å². The van der Waals surface area contributed by atoms with Gasteiger partial charge in [0.1, 0.15) is 5.00 Å². The number of nitrogens with two attached hydrogens (primary N) is 1. The Morgan fingerprint density at radius 2 is 1.80 bits per heavy atom. The van der Waals surface area contributed by atoms with Crippen LogP contribution in [0.3, 0.4) is 0 Å². The van der Waals surface area contributed by atoms with Crippen molar-refractivity contribution < 1.29 is 9.90 Å². The SMILES string of the molecule is CC(N)(Cl)C(Cl)(C(=O)O)c1ccccc1. The molecule has 0 spiro atoms. The maximum atomic E-state index is 11.2. The van der Waals surface area contributed by atoms with Crippen LogP contribution in [0.25, 0.3) is 0 Å². The Bertz CT molecular complexity index is 361. The van der Waals surface area contributed by atoms with Crippen LogP contribution >= 0.6 is 23.2 Å². The van der Waals surface area contributed by atoms with Crippen LogP contribution in [0.1, 0.15) is 12.5 Å². The average molecular weight is 248 g/mol. The Labute approximate surface area is 97.8 Å². The molecule has 3 nitrogen and oxygen atoms in total. The zero-order valence-electron chi connectivity index (χ0n) is 8.08. The Balaban J connectivity index is 3.32. The molecule has 0 radical (unpaired) electrons. The van der Waals surface area contributed by atoms with Crippen molar-refractivity contribution in [1.82, 2.24) is 0 Å². The van der Waals surface area contributed by atoms with Gasteiger partial charge in [-0.1, -0.05) is 53.5 Å². The third kappa shape index (κ3) is 2.09. The smallest absolute Gasteiger partial charge is 0.332 e. The lowest BCUT2D eigenvalue weighted by Crippen LogP contribution is -2.53. The first kappa shape index (κ1) is 12.3. The quantitative estimate of drug-likeness (QED) is 0.636. The van der Waals surface area contributed by atoms with Gasteiger partial charge in [-0.2, -0.15) is 0 Å². The van der Waals surface area contributed by atoms with Crippen molar-refractivity contribution in [3.05, 3.63) is 35.9 Å². The normalized spacial score (nSPS) is 18.9. The van der Waals surface area contributed by atoms with Gasteiger partial charge in [-0.05, 0) is 12.5 Å². The van der Waals surface area contributed by atoms with Crippen molar-refractivity contribution in [2.24, 2.45) is 5.73 Å². The first-order chi connectivity index (χ1) is 6.80. The summed E-state index contributed by atoms with van der Waals surface area (Å²) < 4.78 is 0. The van der Waals surface area contributed by atoms with Crippen molar-refractivity contribution >= 4 is 29.2 Å². The molecule has 0 amide bonds. The Hall–Kier alpha value is -0.770. The highest BCUT2D eigenvalue weighted by molar-refractivity contribution is 6.41. The van der Waals surface area contributed by atoms with Gasteiger partial charge in [0, 0.05) is 0 Å². The van der Waals surface area contributed by atoms with Crippen LogP contribution in [0, 0.1) is 0 Å². The number of carboxylic acids is 1. The fourth-order valence-corrected chi connectivity index (χ4v) is 1.60. The summed E-state index contributed by atoms with van der Waals surface area (Å²) in [6.07, 6.45) is 0. The minimum absolute atomic E-state index is 0.360. The molecule has 1 aromatic carbocycles. The predicted octanol–water partition coefficient (Wildman–Crippen LogP) is 2.12. The van der Waals surface area contributed by atoms with E-state index in [1.165, 1.54) is 6.92 Å². The van der Waals surface area contributed by atoms with E-state index < -0.39 is 15.8 Å². The largest absolute Gasteiger partial charge is 0.480 e. The third-order valence-electron chi connectivity index (χ3n) is 2.14. The van der Waals surface area contributed by atoms with E-state index in [-0.39, 0.29) is 0 Å². The number of halogens is 2. The molecule has 82 valence electrons. The van der Waals surface area contributed by atoms with Crippen LogP contribution in [0.5, 0.6) is 0 Å². The molecule has 0 fully saturated rings. The molecule has 5 heteroatoms. The first-order valence-electron chi connectivity index (χ1n) is 4.26. The molecule has 0 aliphatic carbocycles. The van der Waals surface area contributed by atoms with Gasteiger partial charge in [0.25, 0.3) is 0 Å². The zero-order valence-corrected chi connectivity index (χ0v) is 9.59. The molecule has 0 saturated heterocycles. The van der Waals surface area contributed by atoms with Crippen LogP contribution in [0.15, 0.2) is 30.3 Å². The summed E-state index contributed by atoms with van der Waals surface area (Å²) in [5, 5.41) is 9.13. The van der Waals surface area contributed by atoms with E-state index in [9.17, 15) is 4.79 Å². The lowest BCUT2D eigenvalue weighted by molar-refractivity contribution is -0.141. The molecule has 2 atom stereocenters. The fourth-order valence-electron chi connectivity index (χ4n) is 1.28. The van der Waals surface area contributed by atoms with Crippen LogP contribution in [0.2, 0.25) is 0 Å². The highest BCUT2D eigenvalue weighted by Crippen LogP contribution is 2.40. The van der Waals surface area contributed by atoms with Crippen molar-refractivity contribution in [1.29, 1.82) is 0 Å². The second-order valence-electron chi connectivity index (χ2n) is 3.41. The fraction of sp³-hybridized carbons (Fsp3) is 0.300. The number of hydrogen-bond donors (Lipinski definition) is 2. The van der Waals surface area contributed by atoms with E-state index in [1.807, 2.05) is 0 Å². The molecule has 1 rings (SSSR count). The molecular formula is C10H11Cl2NO2. The van der Waals surface area contributed by atoms with Gasteiger partial charge in [0.05, 0.1) is 0 Å². The summed E-state index contributed by atoms with van der Waals surface area (Å²) in [5.41, 5.74) is 5.96. The number of benzene rings is 1. The van der Waals surface area contributed by atoms with Gasteiger partial charge in [0.2, 0.25) is 0 Å². The zero-order chi connectivity index (χ0) is 11.7. The van der Waals surface area contributed by atoms with E-state index in [4.69, 9.17) is 34.0 Å². The van der Waals surface area contributed by atoms with E-state index in [2.05, 4.69) is 0 Å². The highest BCUT2D eigenvalue weighted by Gasteiger charge is 2.51. The predicted molar refractivity (Wildman–Crippen MR) is 60.1 cm³/mol. The number of alkyl halides is 2. The average Bonchev–Trinajstić information content (AvgIpc) is 2.16. The van der Waals surface area contributed by atoms with E-state index in [0.717, 1.165) is 0 Å². The minimum atomic E-state index is -1.84. The number of rotatable bonds is 3. The maximum Gasteiger partial charge on any atom is 0.332 e. The summed E-state index contributed by atoms with van der Waals surface area (Å²) in [4.78, 5) is 7.75. The van der Waals surface area contributed by atoms with Crippen molar-refractivity contribution in [2.75, 3.05) is 0 Å². The first-order valence-corrected chi connectivity index (χ1v) is 5.01. The van der Waals surface area contributed by atoms with Crippen LogP contribution in [-0.4, -0.2) is 16.1 Å². The van der Waals surface area contributed by atoms with Gasteiger partial charge in [-0.25, -0.2) is 4.79 Å². The monoisotopic (exact) mass is 247 g/mol. The van der Waals surface area contributed by atoms with E-state index in [1.54, 1.807) is 30.3 Å². The van der Waals surface area contributed by atoms with Crippen LogP contribution in [-0.2, 0) is 9.67 Å². The lowest BCUT2D eigenvalue weighted by atomic mass is 9.91. The topological polar surface area (TPSA) is 63.3 Å². The second kappa shape index (κ2) is 4.00. The molecule has 0 aliphatic heterocycles. The molecule has 2 unspecified atom stereocenters. The van der Waals surface area contributed by atoms with Crippen LogP contribution < -0.4 is 5.73 Å². The summed E-state index contributed by atoms with van der Waals surface area (Å²) in [7, 11) is 0. The van der Waals surface area contributed by atoms with Crippen molar-refractivity contribution in [2.45, 2.75) is 16.8 Å². The standard InChI is InChI=1S/C10H11Cl2NO2/c1-9(11,13)10(12,8(14)15)7-5-3-2-4-6-7/h2-6H,13H2,1H3,(H,14,15). The summed E-state index contributed by atoms with van der Waals surface area (Å²) >= 11 is 11.9. The molecule has 0 heterocycles.